The highest BCUT2D eigenvalue weighted by atomic mass is 16.5. The zero-order valence-corrected chi connectivity index (χ0v) is 17.3. The van der Waals surface area contributed by atoms with Gasteiger partial charge in [0.2, 0.25) is 0 Å². The molecule has 1 unspecified atom stereocenters. The van der Waals surface area contributed by atoms with Crippen molar-refractivity contribution < 1.29 is 9.53 Å². The summed E-state index contributed by atoms with van der Waals surface area (Å²) in [5.41, 5.74) is 5.02. The fourth-order valence-electron chi connectivity index (χ4n) is 4.30. The molecule has 0 amide bonds. The summed E-state index contributed by atoms with van der Waals surface area (Å²) in [7, 11) is 0. The van der Waals surface area contributed by atoms with E-state index in [1.54, 1.807) is 16.9 Å². The molecule has 0 spiro atoms. The Morgan fingerprint density at radius 2 is 2.06 bits per heavy atom. The summed E-state index contributed by atoms with van der Waals surface area (Å²) in [6.07, 6.45) is 12.1. The second-order valence-corrected chi connectivity index (χ2v) is 8.03. The first kappa shape index (κ1) is 18.9. The summed E-state index contributed by atoms with van der Waals surface area (Å²) < 4.78 is 11.5. The average Bonchev–Trinajstić information content (AvgIpc) is 3.57. The number of nitrogens with zero attached hydrogens (tertiary/aromatic N) is 7. The number of benzene rings is 1. The molecule has 0 N–H and O–H groups in total. The van der Waals surface area contributed by atoms with Gasteiger partial charge in [0.05, 0.1) is 35.0 Å². The Labute approximate surface area is 183 Å². The number of imidazole rings is 1. The minimum atomic E-state index is -0.0161. The number of hydrogen-bond acceptors (Lipinski definition) is 6. The summed E-state index contributed by atoms with van der Waals surface area (Å²) in [6, 6.07) is 9.67. The molecule has 0 saturated carbocycles. The number of rotatable bonds is 5. The number of aldehydes is 1. The van der Waals surface area contributed by atoms with Gasteiger partial charge < -0.3 is 9.14 Å². The van der Waals surface area contributed by atoms with Crippen LogP contribution in [0.3, 0.4) is 0 Å². The van der Waals surface area contributed by atoms with Crippen molar-refractivity contribution in [2.24, 2.45) is 0 Å². The Hall–Kier alpha value is -3.85. The lowest BCUT2D eigenvalue weighted by molar-refractivity contribution is -0.0366. The van der Waals surface area contributed by atoms with E-state index >= 15 is 0 Å². The lowest BCUT2D eigenvalue weighted by Crippen LogP contribution is -2.18. The molecule has 1 aliphatic rings. The van der Waals surface area contributed by atoms with E-state index in [2.05, 4.69) is 26.5 Å². The third-order valence-electron chi connectivity index (χ3n) is 5.86. The van der Waals surface area contributed by atoms with E-state index in [4.69, 9.17) is 4.74 Å². The highest BCUT2D eigenvalue weighted by Gasteiger charge is 2.20. The molecule has 1 aliphatic heterocycles. The van der Waals surface area contributed by atoms with Crippen LogP contribution >= 0.6 is 0 Å². The minimum Gasteiger partial charge on any atom is -0.356 e. The maximum absolute atomic E-state index is 11.0. The maximum Gasteiger partial charge on any atom is 0.151 e. The van der Waals surface area contributed by atoms with Crippen molar-refractivity contribution in [2.45, 2.75) is 31.9 Å². The molecular weight excluding hydrogens is 406 g/mol. The van der Waals surface area contributed by atoms with Crippen LogP contribution in [0.1, 0.15) is 47.2 Å². The van der Waals surface area contributed by atoms with Crippen molar-refractivity contribution >= 4 is 22.8 Å². The van der Waals surface area contributed by atoms with Crippen LogP contribution < -0.4 is 0 Å². The van der Waals surface area contributed by atoms with Crippen LogP contribution in [0.5, 0.6) is 0 Å². The third kappa shape index (κ3) is 3.27. The smallest absolute Gasteiger partial charge is 0.151 e. The summed E-state index contributed by atoms with van der Waals surface area (Å²) in [5, 5.41) is 14.3. The lowest BCUT2D eigenvalue weighted by Gasteiger charge is -2.23. The first-order valence-electron chi connectivity index (χ1n) is 10.7. The number of carbonyl (C=O) groups excluding carboxylic acids is 1. The van der Waals surface area contributed by atoms with Gasteiger partial charge in [-0.15, -0.1) is 5.10 Å². The highest BCUT2D eigenvalue weighted by Crippen LogP contribution is 2.28. The van der Waals surface area contributed by atoms with Gasteiger partial charge >= 0.3 is 0 Å². The fourth-order valence-corrected chi connectivity index (χ4v) is 4.30. The van der Waals surface area contributed by atoms with Crippen LogP contribution in [-0.4, -0.2) is 47.1 Å². The predicted molar refractivity (Wildman–Crippen MR) is 117 cm³/mol. The number of aromatic nitrogens is 7. The Kier molecular flexibility index (Phi) is 4.53. The van der Waals surface area contributed by atoms with Gasteiger partial charge in [-0.1, -0.05) is 11.3 Å². The Morgan fingerprint density at radius 3 is 2.94 bits per heavy atom. The molecule has 1 aromatic carbocycles. The molecule has 0 radical (unpaired) electrons. The van der Waals surface area contributed by atoms with Crippen molar-refractivity contribution in [1.29, 1.82) is 0 Å². The molecule has 160 valence electrons. The largest absolute Gasteiger partial charge is 0.356 e. The third-order valence-corrected chi connectivity index (χ3v) is 5.86. The van der Waals surface area contributed by atoms with E-state index in [1.807, 2.05) is 45.9 Å². The molecule has 0 aliphatic carbocycles. The van der Waals surface area contributed by atoms with E-state index in [0.717, 1.165) is 65.8 Å². The number of fused-ring (bicyclic) bond motifs is 2. The van der Waals surface area contributed by atoms with Crippen LogP contribution in [0, 0.1) is 0 Å². The van der Waals surface area contributed by atoms with E-state index in [-0.39, 0.29) is 6.23 Å². The van der Waals surface area contributed by atoms with Crippen LogP contribution in [0.2, 0.25) is 0 Å². The molecule has 9 nitrogen and oxygen atoms in total. The first-order chi connectivity index (χ1) is 15.8. The maximum atomic E-state index is 11.0. The first-order valence-corrected chi connectivity index (χ1v) is 10.7. The standard InChI is InChI=1S/C23H21N7O2/c31-15-16-7-8-22-25-17(13-28(22)12-16)10-18-14-29(27-26-18)20-4-3-5-21-19(20)11-24-30(21)23-6-1-2-9-32-23/h3-5,7-8,11-15,23H,1-2,6,9-10H2. The Morgan fingerprint density at radius 1 is 1.09 bits per heavy atom. The molecule has 5 heterocycles. The monoisotopic (exact) mass is 427 g/mol. The zero-order chi connectivity index (χ0) is 21.5. The molecule has 9 heteroatoms. The Bertz CT molecular complexity index is 1420. The van der Waals surface area contributed by atoms with Gasteiger partial charge in [0.15, 0.2) is 12.5 Å². The molecule has 1 atom stereocenters. The van der Waals surface area contributed by atoms with Crippen molar-refractivity contribution in [3.05, 3.63) is 72.1 Å². The summed E-state index contributed by atoms with van der Waals surface area (Å²) in [4.78, 5) is 15.6. The van der Waals surface area contributed by atoms with Crippen LogP contribution in [-0.2, 0) is 11.2 Å². The van der Waals surface area contributed by atoms with Gasteiger partial charge in [-0.2, -0.15) is 5.10 Å². The molecule has 6 rings (SSSR count). The molecule has 32 heavy (non-hydrogen) atoms. The normalized spacial score (nSPS) is 16.7. The molecule has 4 aromatic heterocycles. The van der Waals surface area contributed by atoms with Gasteiger partial charge in [0.25, 0.3) is 0 Å². The summed E-state index contributed by atoms with van der Waals surface area (Å²) >= 11 is 0. The number of ether oxygens (including phenoxy) is 1. The van der Waals surface area contributed by atoms with Crippen LogP contribution in [0.4, 0.5) is 0 Å². The highest BCUT2D eigenvalue weighted by molar-refractivity contribution is 5.87. The minimum absolute atomic E-state index is 0.0161. The van der Waals surface area contributed by atoms with Gasteiger partial charge in [0, 0.05) is 36.4 Å². The summed E-state index contributed by atoms with van der Waals surface area (Å²) in [6.45, 7) is 0.775. The molecular formula is C23H21N7O2. The summed E-state index contributed by atoms with van der Waals surface area (Å²) in [5.74, 6) is 0. The van der Waals surface area contributed by atoms with Crippen LogP contribution in [0.15, 0.2) is 55.1 Å². The Balaban J connectivity index is 1.30. The van der Waals surface area contributed by atoms with Gasteiger partial charge in [-0.05, 0) is 43.5 Å². The van der Waals surface area contributed by atoms with Crippen molar-refractivity contribution in [3.63, 3.8) is 0 Å². The quantitative estimate of drug-likeness (QED) is 0.399. The lowest BCUT2D eigenvalue weighted by atomic mass is 10.2. The van der Waals surface area contributed by atoms with Crippen molar-refractivity contribution in [2.75, 3.05) is 6.61 Å². The van der Waals surface area contributed by atoms with Gasteiger partial charge in [-0.3, -0.25) is 4.79 Å². The number of hydrogen-bond donors (Lipinski definition) is 0. The molecule has 5 aromatic rings. The van der Waals surface area contributed by atoms with Crippen LogP contribution in [0.25, 0.3) is 22.2 Å². The van der Waals surface area contributed by atoms with Crippen molar-refractivity contribution in [1.82, 2.24) is 34.2 Å². The SMILES string of the molecule is O=Cc1ccc2nc(Cc3cn(-c4cccc5c4cnn5C4CCCCO4)nn3)cn2c1. The van der Waals surface area contributed by atoms with E-state index in [9.17, 15) is 4.79 Å². The average molecular weight is 427 g/mol. The zero-order valence-electron chi connectivity index (χ0n) is 17.3. The topological polar surface area (TPSA) is 92.1 Å². The number of carbonyl (C=O) groups is 1. The number of pyridine rings is 1. The van der Waals surface area contributed by atoms with E-state index in [1.165, 1.54) is 0 Å². The molecule has 1 saturated heterocycles. The fraction of sp³-hybridized carbons (Fsp3) is 0.261. The van der Waals surface area contributed by atoms with Gasteiger partial charge in [0.1, 0.15) is 5.65 Å². The second-order valence-electron chi connectivity index (χ2n) is 8.03. The van der Waals surface area contributed by atoms with Crippen molar-refractivity contribution in [3.8, 4) is 5.69 Å². The second kappa shape index (κ2) is 7.69. The molecule has 0 bridgehead atoms. The van der Waals surface area contributed by atoms with E-state index in [0.29, 0.717) is 12.0 Å². The predicted octanol–water partition coefficient (Wildman–Crippen LogP) is 3.37. The molecule has 1 fully saturated rings. The van der Waals surface area contributed by atoms with E-state index < -0.39 is 0 Å². The van der Waals surface area contributed by atoms with Gasteiger partial charge in [-0.25, -0.2) is 14.3 Å².